The van der Waals surface area contributed by atoms with Crippen molar-refractivity contribution in [2.75, 3.05) is 40.3 Å². The molecule has 0 bridgehead atoms. The molecule has 1 aromatic heterocycles. The molecule has 0 spiro atoms. The Bertz CT molecular complexity index is 811. The van der Waals surface area contributed by atoms with E-state index in [0.29, 0.717) is 25.2 Å². The highest BCUT2D eigenvalue weighted by Gasteiger charge is 2.29. The van der Waals surface area contributed by atoms with Crippen LogP contribution >= 0.6 is 0 Å². The summed E-state index contributed by atoms with van der Waals surface area (Å²) < 4.78 is 0. The van der Waals surface area contributed by atoms with Crippen LogP contribution in [0.3, 0.4) is 0 Å². The fourth-order valence-corrected chi connectivity index (χ4v) is 3.51. The number of aromatic nitrogens is 1. The molecule has 2 heterocycles. The van der Waals surface area contributed by atoms with Crippen molar-refractivity contribution >= 4 is 22.7 Å². The van der Waals surface area contributed by atoms with Crippen LogP contribution in [0.1, 0.15) is 21.6 Å². The molecule has 1 aliphatic rings. The maximum atomic E-state index is 13.0. The van der Waals surface area contributed by atoms with Crippen molar-refractivity contribution in [1.82, 2.24) is 20.1 Å². The van der Waals surface area contributed by atoms with Crippen LogP contribution in [0.2, 0.25) is 0 Å². The van der Waals surface area contributed by atoms with Crippen molar-refractivity contribution in [3.63, 3.8) is 0 Å². The Morgan fingerprint density at radius 2 is 1.96 bits per heavy atom. The van der Waals surface area contributed by atoms with E-state index in [1.165, 1.54) is 5.56 Å². The van der Waals surface area contributed by atoms with E-state index in [2.05, 4.69) is 22.1 Å². The molecule has 0 saturated carbocycles. The first kappa shape index (κ1) is 17.5. The van der Waals surface area contributed by atoms with E-state index >= 15 is 0 Å². The van der Waals surface area contributed by atoms with Crippen LogP contribution < -0.4 is 5.32 Å². The average Bonchev–Trinajstić information content (AvgIpc) is 2.77. The first-order valence-electron chi connectivity index (χ1n) is 8.69. The van der Waals surface area contributed by atoms with Crippen LogP contribution in [-0.2, 0) is 4.79 Å². The lowest BCUT2D eigenvalue weighted by molar-refractivity contribution is -0.125. The quantitative estimate of drug-likeness (QED) is 0.870. The van der Waals surface area contributed by atoms with Gasteiger partial charge in [-0.2, -0.15) is 0 Å². The van der Waals surface area contributed by atoms with Gasteiger partial charge in [-0.15, -0.1) is 0 Å². The molecule has 1 atom stereocenters. The number of hydrogen-bond acceptors (Lipinski definition) is 3. The predicted octanol–water partition coefficient (Wildman–Crippen LogP) is 1.53. The minimum atomic E-state index is -0.207. The van der Waals surface area contributed by atoms with Crippen LogP contribution in [0.25, 0.3) is 10.9 Å². The Balaban J connectivity index is 1.88. The van der Waals surface area contributed by atoms with E-state index in [4.69, 9.17) is 0 Å². The molecule has 1 saturated heterocycles. The molecule has 0 aliphatic carbocycles. The zero-order valence-corrected chi connectivity index (χ0v) is 15.3. The summed E-state index contributed by atoms with van der Waals surface area (Å²) in [6.07, 6.45) is 0. The van der Waals surface area contributed by atoms with Gasteiger partial charge in [0.15, 0.2) is 0 Å². The van der Waals surface area contributed by atoms with E-state index in [0.717, 1.165) is 23.1 Å². The van der Waals surface area contributed by atoms with E-state index in [9.17, 15) is 9.59 Å². The van der Waals surface area contributed by atoms with E-state index < -0.39 is 0 Å². The minimum Gasteiger partial charge on any atom is -0.359 e. The first-order chi connectivity index (χ1) is 11.9. The maximum Gasteiger partial charge on any atom is 0.253 e. The fourth-order valence-electron chi connectivity index (χ4n) is 3.51. The highest BCUT2D eigenvalue weighted by atomic mass is 16.2. The van der Waals surface area contributed by atoms with Gasteiger partial charge in [0.2, 0.25) is 5.91 Å². The number of H-pyrrole nitrogens is 1. The van der Waals surface area contributed by atoms with Crippen molar-refractivity contribution in [3.05, 3.63) is 35.0 Å². The van der Waals surface area contributed by atoms with Crippen LogP contribution in [-0.4, -0.2) is 66.9 Å². The number of nitrogens with one attached hydrogen (secondary N) is 2. The number of likely N-dealkylation sites (N-methyl/N-ethyl adjacent to an activating group) is 1. The minimum absolute atomic E-state index is 0.00986. The topological polar surface area (TPSA) is 68.4 Å². The summed E-state index contributed by atoms with van der Waals surface area (Å²) in [5.41, 5.74) is 4.01. The molecule has 1 fully saturated rings. The number of benzene rings is 1. The van der Waals surface area contributed by atoms with Gasteiger partial charge in [-0.05, 0) is 44.7 Å². The molecule has 2 amide bonds. The molecule has 2 N–H and O–H groups in total. The second-order valence-corrected chi connectivity index (χ2v) is 6.96. The summed E-state index contributed by atoms with van der Waals surface area (Å²) in [7, 11) is 3.63. The predicted molar refractivity (Wildman–Crippen MR) is 98.7 cm³/mol. The number of amides is 2. The smallest absolute Gasteiger partial charge is 0.253 e. The van der Waals surface area contributed by atoms with Gasteiger partial charge in [-0.25, -0.2) is 0 Å². The van der Waals surface area contributed by atoms with Crippen LogP contribution in [0.5, 0.6) is 0 Å². The lowest BCUT2D eigenvalue weighted by Gasteiger charge is -2.23. The fraction of sp³-hybridized carbons (Fsp3) is 0.474. The van der Waals surface area contributed by atoms with Gasteiger partial charge in [0.25, 0.3) is 5.91 Å². The normalized spacial score (nSPS) is 19.0. The molecule has 1 aromatic carbocycles. The van der Waals surface area contributed by atoms with Crippen LogP contribution in [0.4, 0.5) is 0 Å². The Labute approximate surface area is 148 Å². The zero-order chi connectivity index (χ0) is 18.1. The van der Waals surface area contributed by atoms with E-state index in [-0.39, 0.29) is 17.7 Å². The average molecular weight is 342 g/mol. The number of rotatable bonds is 2. The highest BCUT2D eigenvalue weighted by Crippen LogP contribution is 2.23. The zero-order valence-electron chi connectivity index (χ0n) is 15.3. The Morgan fingerprint density at radius 3 is 2.68 bits per heavy atom. The lowest BCUT2D eigenvalue weighted by Crippen LogP contribution is -2.41. The third kappa shape index (κ3) is 3.39. The summed E-state index contributed by atoms with van der Waals surface area (Å²) >= 11 is 0. The van der Waals surface area contributed by atoms with Gasteiger partial charge in [0.1, 0.15) is 0 Å². The lowest BCUT2D eigenvalue weighted by atomic mass is 10.1. The SMILES string of the molecule is CNC(=O)[C@@H]1CN(C)CCN(C(=O)c2ccc3[nH]c(C)c(C)c3c2)C1. The summed E-state index contributed by atoms with van der Waals surface area (Å²) in [5.74, 6) is -0.232. The number of fused-ring (bicyclic) bond motifs is 1. The number of carbonyl (C=O) groups is 2. The van der Waals surface area contributed by atoms with Crippen molar-refractivity contribution in [2.24, 2.45) is 5.92 Å². The number of aryl methyl sites for hydroxylation is 2. The molecular weight excluding hydrogens is 316 g/mol. The Hall–Kier alpha value is -2.34. The second kappa shape index (κ2) is 6.88. The monoisotopic (exact) mass is 342 g/mol. The largest absolute Gasteiger partial charge is 0.359 e. The molecule has 6 nitrogen and oxygen atoms in total. The third-order valence-electron chi connectivity index (χ3n) is 5.18. The summed E-state index contributed by atoms with van der Waals surface area (Å²) in [6.45, 7) is 6.61. The van der Waals surface area contributed by atoms with Crippen molar-refractivity contribution < 1.29 is 9.59 Å². The Morgan fingerprint density at radius 1 is 1.20 bits per heavy atom. The third-order valence-corrected chi connectivity index (χ3v) is 5.18. The molecule has 0 unspecified atom stereocenters. The van der Waals surface area contributed by atoms with Crippen LogP contribution in [0, 0.1) is 19.8 Å². The molecule has 25 heavy (non-hydrogen) atoms. The molecule has 6 heteroatoms. The van der Waals surface area contributed by atoms with Crippen molar-refractivity contribution in [1.29, 1.82) is 0 Å². The van der Waals surface area contributed by atoms with Gasteiger partial charge in [-0.1, -0.05) is 0 Å². The summed E-state index contributed by atoms with van der Waals surface area (Å²) in [5, 5.41) is 3.79. The van der Waals surface area contributed by atoms with E-state index in [1.807, 2.05) is 32.2 Å². The number of nitrogens with zero attached hydrogens (tertiary/aromatic N) is 2. The second-order valence-electron chi connectivity index (χ2n) is 6.96. The van der Waals surface area contributed by atoms with Gasteiger partial charge in [0.05, 0.1) is 5.92 Å². The Kier molecular flexibility index (Phi) is 4.81. The van der Waals surface area contributed by atoms with Gasteiger partial charge < -0.3 is 20.1 Å². The molecule has 2 aromatic rings. The molecule has 134 valence electrons. The van der Waals surface area contributed by atoms with E-state index in [1.54, 1.807) is 11.9 Å². The number of aromatic amines is 1. The van der Waals surface area contributed by atoms with Gasteiger partial charge in [-0.3, -0.25) is 9.59 Å². The first-order valence-corrected chi connectivity index (χ1v) is 8.69. The molecule has 0 radical (unpaired) electrons. The molecular formula is C19H26N4O2. The number of hydrogen-bond donors (Lipinski definition) is 2. The van der Waals surface area contributed by atoms with Crippen molar-refractivity contribution in [3.8, 4) is 0 Å². The summed E-state index contributed by atoms with van der Waals surface area (Å²) in [4.78, 5) is 32.4. The van der Waals surface area contributed by atoms with Gasteiger partial charge >= 0.3 is 0 Å². The molecule has 3 rings (SSSR count). The van der Waals surface area contributed by atoms with Gasteiger partial charge in [0, 0.05) is 55.4 Å². The maximum absolute atomic E-state index is 13.0. The van der Waals surface area contributed by atoms with Crippen LogP contribution in [0.15, 0.2) is 18.2 Å². The highest BCUT2D eigenvalue weighted by molar-refractivity contribution is 5.99. The molecule has 1 aliphatic heterocycles. The number of carbonyl (C=O) groups excluding carboxylic acids is 2. The summed E-state index contributed by atoms with van der Waals surface area (Å²) in [6, 6.07) is 5.78. The standard InChI is InChI=1S/C19H26N4O2/c1-12-13(2)21-17-6-5-14(9-16(12)17)19(25)23-8-7-22(4)10-15(11-23)18(24)20-3/h5-6,9,15,21H,7-8,10-11H2,1-4H3,(H,20,24)/t15-/m1/s1. The van der Waals surface area contributed by atoms with Crippen molar-refractivity contribution in [2.45, 2.75) is 13.8 Å².